The van der Waals surface area contributed by atoms with E-state index in [9.17, 15) is 5.11 Å². The highest BCUT2D eigenvalue weighted by atomic mass is 35.5. The van der Waals surface area contributed by atoms with Gasteiger partial charge < -0.3 is 15.2 Å². The number of aromatic nitrogens is 2. The Morgan fingerprint density at radius 1 is 1.23 bits per heavy atom. The zero-order valence-corrected chi connectivity index (χ0v) is 16.3. The molecule has 0 bridgehead atoms. The van der Waals surface area contributed by atoms with Crippen molar-refractivity contribution in [2.45, 2.75) is 51.3 Å². The first-order valence-electron chi connectivity index (χ1n) is 9.32. The van der Waals surface area contributed by atoms with Gasteiger partial charge in [-0.2, -0.15) is 5.10 Å². The van der Waals surface area contributed by atoms with E-state index in [-0.39, 0.29) is 25.1 Å². The Balaban J connectivity index is 0.00000243. The molecule has 1 aromatic carbocycles. The molecular formula is C20H30ClN3O2. The quantitative estimate of drug-likeness (QED) is 0.733. The van der Waals surface area contributed by atoms with Crippen LogP contribution < -0.4 is 10.1 Å². The second-order valence-electron chi connectivity index (χ2n) is 6.87. The number of rotatable bonds is 8. The van der Waals surface area contributed by atoms with E-state index in [1.165, 1.54) is 19.3 Å². The van der Waals surface area contributed by atoms with E-state index in [0.29, 0.717) is 19.1 Å². The SMILES string of the molecule is CNCc1cc(OCc2ccccc2)n(C(CO)C2CCCCC2)n1.Cl. The van der Waals surface area contributed by atoms with Crippen molar-refractivity contribution in [3.05, 3.63) is 47.7 Å². The van der Waals surface area contributed by atoms with Crippen LogP contribution in [-0.4, -0.2) is 28.5 Å². The molecule has 2 N–H and O–H groups in total. The van der Waals surface area contributed by atoms with Gasteiger partial charge in [0.2, 0.25) is 5.88 Å². The molecule has 144 valence electrons. The van der Waals surface area contributed by atoms with E-state index < -0.39 is 0 Å². The highest BCUT2D eigenvalue weighted by Gasteiger charge is 2.28. The van der Waals surface area contributed by atoms with Crippen molar-refractivity contribution in [1.29, 1.82) is 0 Å². The molecule has 0 saturated heterocycles. The fourth-order valence-electron chi connectivity index (χ4n) is 3.71. The summed E-state index contributed by atoms with van der Waals surface area (Å²) >= 11 is 0. The molecule has 0 aliphatic heterocycles. The Hall–Kier alpha value is -1.56. The number of hydrogen-bond donors (Lipinski definition) is 2. The third kappa shape index (κ3) is 5.22. The lowest BCUT2D eigenvalue weighted by atomic mass is 9.84. The maximum Gasteiger partial charge on any atom is 0.212 e. The molecule has 1 atom stereocenters. The molecule has 1 unspecified atom stereocenters. The molecule has 1 fully saturated rings. The normalized spacial score (nSPS) is 16.1. The van der Waals surface area contributed by atoms with Gasteiger partial charge in [-0.3, -0.25) is 0 Å². The van der Waals surface area contributed by atoms with Crippen LogP contribution in [-0.2, 0) is 13.2 Å². The van der Waals surface area contributed by atoms with E-state index in [2.05, 4.69) is 17.4 Å². The van der Waals surface area contributed by atoms with E-state index >= 15 is 0 Å². The minimum absolute atomic E-state index is 0. The number of nitrogens with one attached hydrogen (secondary N) is 1. The standard InChI is InChI=1S/C20H29N3O2.ClH/c1-21-13-18-12-20(25-15-16-8-4-2-5-9-16)23(22-18)19(14-24)17-10-6-3-7-11-17;/h2,4-5,8-9,12,17,19,21,24H,3,6-7,10-11,13-15H2,1H3;1H. The average Bonchev–Trinajstić information content (AvgIpc) is 3.05. The van der Waals surface area contributed by atoms with Gasteiger partial charge in [0.25, 0.3) is 0 Å². The lowest BCUT2D eigenvalue weighted by Crippen LogP contribution is -2.26. The number of hydrogen-bond acceptors (Lipinski definition) is 4. The summed E-state index contributed by atoms with van der Waals surface area (Å²) in [4.78, 5) is 0. The number of nitrogens with zero attached hydrogens (tertiary/aromatic N) is 2. The Morgan fingerprint density at radius 2 is 1.96 bits per heavy atom. The smallest absolute Gasteiger partial charge is 0.212 e. The van der Waals surface area contributed by atoms with Gasteiger partial charge in [0.1, 0.15) is 6.61 Å². The van der Waals surface area contributed by atoms with Crippen LogP contribution in [0, 0.1) is 5.92 Å². The third-order valence-corrected chi connectivity index (χ3v) is 5.03. The molecule has 0 radical (unpaired) electrons. The molecule has 0 spiro atoms. The van der Waals surface area contributed by atoms with Crippen LogP contribution in [0.1, 0.15) is 49.4 Å². The van der Waals surface area contributed by atoms with Crippen LogP contribution in [0.15, 0.2) is 36.4 Å². The van der Waals surface area contributed by atoms with E-state index in [0.717, 1.165) is 30.0 Å². The minimum atomic E-state index is -0.00307. The van der Waals surface area contributed by atoms with Gasteiger partial charge in [0, 0.05) is 12.6 Å². The summed E-state index contributed by atoms with van der Waals surface area (Å²) in [6.45, 7) is 1.30. The van der Waals surface area contributed by atoms with Gasteiger partial charge in [-0.05, 0) is 31.4 Å². The first-order valence-corrected chi connectivity index (χ1v) is 9.32. The number of benzene rings is 1. The molecule has 26 heavy (non-hydrogen) atoms. The van der Waals surface area contributed by atoms with E-state index in [1.807, 2.05) is 36.0 Å². The molecule has 1 aliphatic carbocycles. The van der Waals surface area contributed by atoms with Crippen LogP contribution in [0.4, 0.5) is 0 Å². The summed E-state index contributed by atoms with van der Waals surface area (Å²) in [5.41, 5.74) is 2.07. The molecule has 1 aromatic heterocycles. The van der Waals surface area contributed by atoms with Gasteiger partial charge in [0.15, 0.2) is 0 Å². The molecule has 1 saturated carbocycles. The number of ether oxygens (including phenoxy) is 1. The van der Waals surface area contributed by atoms with Crippen molar-refractivity contribution in [2.24, 2.45) is 5.92 Å². The molecule has 5 nitrogen and oxygen atoms in total. The van der Waals surface area contributed by atoms with Gasteiger partial charge >= 0.3 is 0 Å². The second kappa shape index (κ2) is 10.6. The fourth-order valence-corrected chi connectivity index (χ4v) is 3.71. The van der Waals surface area contributed by atoms with Crippen molar-refractivity contribution in [1.82, 2.24) is 15.1 Å². The van der Waals surface area contributed by atoms with Crippen molar-refractivity contribution in [3.8, 4) is 5.88 Å². The van der Waals surface area contributed by atoms with Gasteiger partial charge in [0.05, 0.1) is 18.3 Å². The Labute approximate surface area is 162 Å². The minimum Gasteiger partial charge on any atom is -0.473 e. The monoisotopic (exact) mass is 379 g/mol. The maximum absolute atomic E-state index is 10.0. The second-order valence-corrected chi connectivity index (χ2v) is 6.87. The first kappa shape index (κ1) is 20.7. The average molecular weight is 380 g/mol. The fraction of sp³-hybridized carbons (Fsp3) is 0.550. The predicted molar refractivity (Wildman–Crippen MR) is 106 cm³/mol. The molecule has 3 rings (SSSR count). The summed E-state index contributed by atoms with van der Waals surface area (Å²) in [7, 11) is 1.91. The van der Waals surface area contributed by atoms with Crippen LogP contribution in [0.5, 0.6) is 5.88 Å². The summed E-state index contributed by atoms with van der Waals surface area (Å²) in [6.07, 6.45) is 6.10. The van der Waals surface area contributed by atoms with Crippen LogP contribution in [0.25, 0.3) is 0 Å². The van der Waals surface area contributed by atoms with E-state index in [4.69, 9.17) is 9.84 Å². The van der Waals surface area contributed by atoms with Crippen molar-refractivity contribution < 1.29 is 9.84 Å². The predicted octanol–water partition coefficient (Wildman–Crippen LogP) is 3.72. The van der Waals surface area contributed by atoms with Crippen molar-refractivity contribution in [3.63, 3.8) is 0 Å². The van der Waals surface area contributed by atoms with Crippen molar-refractivity contribution in [2.75, 3.05) is 13.7 Å². The molecule has 0 amide bonds. The van der Waals surface area contributed by atoms with Gasteiger partial charge in [-0.25, -0.2) is 4.68 Å². The van der Waals surface area contributed by atoms with Gasteiger partial charge in [-0.15, -0.1) is 12.4 Å². The topological polar surface area (TPSA) is 59.3 Å². The van der Waals surface area contributed by atoms with Crippen LogP contribution >= 0.6 is 12.4 Å². The summed E-state index contributed by atoms with van der Waals surface area (Å²) in [5, 5.41) is 17.9. The van der Waals surface area contributed by atoms with Crippen molar-refractivity contribution >= 4 is 12.4 Å². The Bertz CT molecular complexity index is 642. The van der Waals surface area contributed by atoms with Gasteiger partial charge in [-0.1, -0.05) is 49.6 Å². The highest BCUT2D eigenvalue weighted by Crippen LogP contribution is 2.35. The van der Waals surface area contributed by atoms with Crippen LogP contribution in [0.2, 0.25) is 0 Å². The number of halogens is 1. The lowest BCUT2D eigenvalue weighted by molar-refractivity contribution is 0.128. The molecular weight excluding hydrogens is 350 g/mol. The number of aliphatic hydroxyl groups is 1. The molecule has 1 heterocycles. The summed E-state index contributed by atoms with van der Waals surface area (Å²) in [6, 6.07) is 12.1. The number of aliphatic hydroxyl groups excluding tert-OH is 1. The molecule has 2 aromatic rings. The summed E-state index contributed by atoms with van der Waals surface area (Å²) in [5.74, 6) is 1.22. The Kier molecular flexibility index (Phi) is 8.42. The maximum atomic E-state index is 10.0. The zero-order chi connectivity index (χ0) is 17.5. The third-order valence-electron chi connectivity index (χ3n) is 5.03. The van der Waals surface area contributed by atoms with Crippen LogP contribution in [0.3, 0.4) is 0 Å². The summed E-state index contributed by atoms with van der Waals surface area (Å²) < 4.78 is 8.01. The Morgan fingerprint density at radius 3 is 2.62 bits per heavy atom. The zero-order valence-electron chi connectivity index (χ0n) is 15.4. The lowest BCUT2D eigenvalue weighted by Gasteiger charge is -2.30. The largest absolute Gasteiger partial charge is 0.473 e. The first-order chi connectivity index (χ1) is 12.3. The molecule has 1 aliphatic rings. The highest BCUT2D eigenvalue weighted by molar-refractivity contribution is 5.85. The van der Waals surface area contributed by atoms with E-state index in [1.54, 1.807) is 0 Å². The molecule has 6 heteroatoms.